The smallest absolute Gasteiger partial charge is 0.204 e. The lowest BCUT2D eigenvalue weighted by Crippen LogP contribution is -2.00. The van der Waals surface area contributed by atoms with E-state index in [1.54, 1.807) is 17.6 Å². The monoisotopic (exact) mass is 353 g/mol. The van der Waals surface area contributed by atoms with Crippen LogP contribution in [-0.4, -0.2) is 17.8 Å². The molecule has 3 rings (SSSR count). The molecule has 0 atom stereocenters. The summed E-state index contributed by atoms with van der Waals surface area (Å²) >= 11 is 1.59. The summed E-state index contributed by atoms with van der Waals surface area (Å²) in [7, 11) is 0. The van der Waals surface area contributed by atoms with E-state index in [9.17, 15) is 0 Å². The standard InChI is InChI=1S/C20H23N3OS/c1-2-3-4-9-14-24-18-12-7-5-10-16(18)15-21-23-20-22-17-11-6-8-13-19(17)25-20/h5-8,10-13,15H,2-4,9,14H2,1H3,(H,22,23)/b21-15-. The third-order valence-corrected chi connectivity index (χ3v) is 4.77. The number of unbranched alkanes of at least 4 members (excludes halogenated alkanes) is 3. The molecule has 0 radical (unpaired) electrons. The van der Waals surface area contributed by atoms with Crippen LogP contribution in [0.1, 0.15) is 38.2 Å². The topological polar surface area (TPSA) is 46.5 Å². The van der Waals surface area contributed by atoms with Crippen molar-refractivity contribution >= 4 is 32.9 Å². The van der Waals surface area contributed by atoms with Gasteiger partial charge in [0, 0.05) is 5.56 Å². The zero-order valence-corrected chi connectivity index (χ0v) is 15.3. The van der Waals surface area contributed by atoms with Gasteiger partial charge in [0.2, 0.25) is 5.13 Å². The Balaban J connectivity index is 1.59. The largest absolute Gasteiger partial charge is 0.493 e. The Morgan fingerprint density at radius 3 is 2.80 bits per heavy atom. The summed E-state index contributed by atoms with van der Waals surface area (Å²) in [5.74, 6) is 0.869. The number of rotatable bonds is 9. The van der Waals surface area contributed by atoms with Gasteiger partial charge in [0.15, 0.2) is 0 Å². The maximum absolute atomic E-state index is 5.90. The summed E-state index contributed by atoms with van der Waals surface area (Å²) in [5.41, 5.74) is 4.97. The van der Waals surface area contributed by atoms with Crippen LogP contribution in [0.2, 0.25) is 0 Å². The second-order valence-corrected chi connectivity index (χ2v) is 6.83. The first-order valence-electron chi connectivity index (χ1n) is 8.73. The minimum Gasteiger partial charge on any atom is -0.493 e. The zero-order valence-electron chi connectivity index (χ0n) is 14.4. The molecule has 0 fully saturated rings. The Bertz CT molecular complexity index is 795. The quantitative estimate of drug-likeness (QED) is 0.305. The van der Waals surface area contributed by atoms with E-state index in [2.05, 4.69) is 28.5 Å². The molecule has 1 heterocycles. The summed E-state index contributed by atoms with van der Waals surface area (Å²) in [4.78, 5) is 4.51. The number of hydrazone groups is 1. The second-order valence-electron chi connectivity index (χ2n) is 5.80. The molecule has 2 aromatic carbocycles. The fourth-order valence-corrected chi connectivity index (χ4v) is 3.32. The number of hydrogen-bond donors (Lipinski definition) is 1. The van der Waals surface area contributed by atoms with Crippen LogP contribution in [0.25, 0.3) is 10.2 Å². The number of thiazole rings is 1. The number of nitrogens with zero attached hydrogens (tertiary/aromatic N) is 2. The number of anilines is 1. The van der Waals surface area contributed by atoms with E-state index in [0.717, 1.165) is 39.7 Å². The van der Waals surface area contributed by atoms with Gasteiger partial charge in [-0.05, 0) is 30.7 Å². The van der Waals surface area contributed by atoms with E-state index in [4.69, 9.17) is 4.74 Å². The van der Waals surface area contributed by atoms with Crippen molar-refractivity contribution in [2.75, 3.05) is 12.0 Å². The lowest BCUT2D eigenvalue weighted by atomic mass is 10.2. The van der Waals surface area contributed by atoms with Crippen LogP contribution in [0.15, 0.2) is 53.6 Å². The van der Waals surface area contributed by atoms with Gasteiger partial charge in [-0.25, -0.2) is 4.98 Å². The summed E-state index contributed by atoms with van der Waals surface area (Å²) in [6.45, 7) is 2.96. The molecule has 0 unspecified atom stereocenters. The van der Waals surface area contributed by atoms with Gasteiger partial charge in [-0.2, -0.15) is 5.10 Å². The van der Waals surface area contributed by atoms with Crippen LogP contribution in [0, 0.1) is 0 Å². The molecule has 3 aromatic rings. The van der Waals surface area contributed by atoms with Crippen LogP contribution in [-0.2, 0) is 0 Å². The van der Waals surface area contributed by atoms with E-state index in [1.165, 1.54) is 19.3 Å². The molecule has 4 nitrogen and oxygen atoms in total. The highest BCUT2D eigenvalue weighted by molar-refractivity contribution is 7.22. The van der Waals surface area contributed by atoms with Crippen LogP contribution in [0.4, 0.5) is 5.13 Å². The molecule has 0 aliphatic carbocycles. The molecule has 25 heavy (non-hydrogen) atoms. The molecule has 0 saturated carbocycles. The number of benzene rings is 2. The second kappa shape index (κ2) is 9.18. The maximum Gasteiger partial charge on any atom is 0.204 e. The van der Waals surface area contributed by atoms with Crippen molar-refractivity contribution in [2.45, 2.75) is 32.6 Å². The van der Waals surface area contributed by atoms with Crippen LogP contribution < -0.4 is 10.2 Å². The number of hydrogen-bond acceptors (Lipinski definition) is 5. The van der Waals surface area contributed by atoms with Gasteiger partial charge < -0.3 is 4.74 Å². The summed E-state index contributed by atoms with van der Waals surface area (Å²) in [5, 5.41) is 5.11. The molecule has 5 heteroatoms. The third-order valence-electron chi connectivity index (χ3n) is 3.83. The van der Waals surface area contributed by atoms with Gasteiger partial charge in [0.25, 0.3) is 0 Å². The average Bonchev–Trinajstić information content (AvgIpc) is 3.05. The van der Waals surface area contributed by atoms with Crippen molar-refractivity contribution in [3.05, 3.63) is 54.1 Å². The first kappa shape index (κ1) is 17.4. The van der Waals surface area contributed by atoms with Gasteiger partial charge in [0.05, 0.1) is 23.0 Å². The van der Waals surface area contributed by atoms with Gasteiger partial charge in [0.1, 0.15) is 5.75 Å². The fraction of sp³-hybridized carbons (Fsp3) is 0.300. The highest BCUT2D eigenvalue weighted by Crippen LogP contribution is 2.25. The summed E-state index contributed by atoms with van der Waals surface area (Å²) in [6.07, 6.45) is 6.59. The summed E-state index contributed by atoms with van der Waals surface area (Å²) in [6, 6.07) is 16.0. The van der Waals surface area contributed by atoms with E-state index in [1.807, 2.05) is 42.5 Å². The molecule has 0 saturated heterocycles. The first-order chi connectivity index (χ1) is 12.4. The molecule has 1 aromatic heterocycles. The summed E-state index contributed by atoms with van der Waals surface area (Å²) < 4.78 is 7.05. The molecule has 0 spiro atoms. The lowest BCUT2D eigenvalue weighted by molar-refractivity contribution is 0.304. The minimum absolute atomic E-state index is 0.746. The molecular formula is C20H23N3OS. The first-order valence-corrected chi connectivity index (χ1v) is 9.55. The number of nitrogens with one attached hydrogen (secondary N) is 1. The van der Waals surface area contributed by atoms with Crippen molar-refractivity contribution in [2.24, 2.45) is 5.10 Å². The van der Waals surface area contributed by atoms with E-state index in [-0.39, 0.29) is 0 Å². The normalized spacial score (nSPS) is 11.2. The lowest BCUT2D eigenvalue weighted by Gasteiger charge is -2.08. The Hall–Kier alpha value is -2.40. The van der Waals surface area contributed by atoms with Crippen molar-refractivity contribution in [1.29, 1.82) is 0 Å². The van der Waals surface area contributed by atoms with Gasteiger partial charge >= 0.3 is 0 Å². The molecule has 0 aliphatic rings. The van der Waals surface area contributed by atoms with Crippen molar-refractivity contribution < 1.29 is 4.74 Å². The maximum atomic E-state index is 5.90. The minimum atomic E-state index is 0.746. The highest BCUT2D eigenvalue weighted by Gasteiger charge is 2.02. The fourth-order valence-electron chi connectivity index (χ4n) is 2.51. The molecule has 0 aliphatic heterocycles. The predicted octanol–water partition coefficient (Wildman–Crippen LogP) is 5.70. The van der Waals surface area contributed by atoms with Gasteiger partial charge in [-0.3, -0.25) is 5.43 Å². The third kappa shape index (κ3) is 5.03. The number of ether oxygens (including phenoxy) is 1. The zero-order chi connectivity index (χ0) is 17.3. The number of aromatic nitrogens is 1. The number of fused-ring (bicyclic) bond motifs is 1. The number of para-hydroxylation sites is 2. The van der Waals surface area contributed by atoms with Gasteiger partial charge in [-0.15, -0.1) is 0 Å². The van der Waals surface area contributed by atoms with E-state index >= 15 is 0 Å². The molecule has 0 amide bonds. The van der Waals surface area contributed by atoms with Crippen LogP contribution in [0.3, 0.4) is 0 Å². The van der Waals surface area contributed by atoms with Crippen LogP contribution in [0.5, 0.6) is 5.75 Å². The average molecular weight is 353 g/mol. The van der Waals surface area contributed by atoms with E-state index < -0.39 is 0 Å². The van der Waals surface area contributed by atoms with Crippen molar-refractivity contribution in [3.63, 3.8) is 0 Å². The molecule has 130 valence electrons. The van der Waals surface area contributed by atoms with Gasteiger partial charge in [-0.1, -0.05) is 61.8 Å². The van der Waals surface area contributed by atoms with Crippen LogP contribution >= 0.6 is 11.3 Å². The Morgan fingerprint density at radius 2 is 1.92 bits per heavy atom. The molecule has 0 bridgehead atoms. The Morgan fingerprint density at radius 1 is 1.08 bits per heavy atom. The predicted molar refractivity (Wildman–Crippen MR) is 107 cm³/mol. The van der Waals surface area contributed by atoms with E-state index in [0.29, 0.717) is 0 Å². The molecule has 1 N–H and O–H groups in total. The van der Waals surface area contributed by atoms with Crippen molar-refractivity contribution in [3.8, 4) is 5.75 Å². The Kier molecular flexibility index (Phi) is 6.40. The highest BCUT2D eigenvalue weighted by atomic mass is 32.1. The SMILES string of the molecule is CCCCCCOc1ccccc1/C=N\Nc1nc2ccccc2s1. The van der Waals surface area contributed by atoms with Crippen molar-refractivity contribution in [1.82, 2.24) is 4.98 Å². The molecular weight excluding hydrogens is 330 g/mol. The Labute approximate surface area is 152 Å².